The van der Waals surface area contributed by atoms with Crippen molar-refractivity contribution >= 4 is 17.3 Å². The summed E-state index contributed by atoms with van der Waals surface area (Å²) in [6.45, 7) is 0. The molecule has 0 fully saturated rings. The Balaban J connectivity index is 1.40. The van der Waals surface area contributed by atoms with Crippen molar-refractivity contribution in [2.75, 3.05) is 24.3 Å². The van der Waals surface area contributed by atoms with Gasteiger partial charge in [-0.3, -0.25) is 4.79 Å². The van der Waals surface area contributed by atoms with E-state index in [-0.39, 0.29) is 5.91 Å². The van der Waals surface area contributed by atoms with E-state index in [0.717, 1.165) is 5.69 Å². The lowest BCUT2D eigenvalue weighted by atomic mass is 10.2. The highest BCUT2D eigenvalue weighted by molar-refractivity contribution is 6.04. The van der Waals surface area contributed by atoms with E-state index in [9.17, 15) is 4.79 Å². The van der Waals surface area contributed by atoms with E-state index in [0.29, 0.717) is 28.7 Å². The molecule has 0 saturated carbocycles. The van der Waals surface area contributed by atoms with Crippen molar-refractivity contribution in [3.05, 3.63) is 84.9 Å². The number of carbonyl (C=O) groups is 1. The number of carbonyl (C=O) groups excluding carboxylic acids is 1. The van der Waals surface area contributed by atoms with Gasteiger partial charge in [0.05, 0.1) is 0 Å². The Hall–Kier alpha value is -4.20. The molecule has 0 aliphatic heterocycles. The molecule has 0 atom stereocenters. The van der Waals surface area contributed by atoms with Crippen molar-refractivity contribution in [2.45, 2.75) is 0 Å². The van der Waals surface area contributed by atoms with Gasteiger partial charge in [0.25, 0.3) is 5.91 Å². The second-order valence-electron chi connectivity index (χ2n) is 6.69. The Bertz CT molecular complexity index is 1120. The van der Waals surface area contributed by atoms with Gasteiger partial charge in [0, 0.05) is 49.5 Å². The SMILES string of the molecule is CN(C)c1ccc(C(=O)Nc2ccc(Oc3cc(-n4cccn4)ncn3)cc2)cc1. The third-order valence-electron chi connectivity index (χ3n) is 4.35. The molecular weight excluding hydrogens is 380 g/mol. The molecule has 0 bridgehead atoms. The van der Waals surface area contributed by atoms with Gasteiger partial charge in [-0.05, 0) is 54.6 Å². The summed E-state index contributed by atoms with van der Waals surface area (Å²) >= 11 is 0. The van der Waals surface area contributed by atoms with Crippen molar-refractivity contribution in [1.29, 1.82) is 0 Å². The van der Waals surface area contributed by atoms with Crippen LogP contribution >= 0.6 is 0 Å². The van der Waals surface area contributed by atoms with Crippen molar-refractivity contribution in [1.82, 2.24) is 19.7 Å². The molecule has 0 unspecified atom stereocenters. The summed E-state index contributed by atoms with van der Waals surface area (Å²) in [6.07, 6.45) is 4.88. The molecule has 4 aromatic rings. The van der Waals surface area contributed by atoms with Gasteiger partial charge in [-0.1, -0.05) is 0 Å². The first-order valence-electron chi connectivity index (χ1n) is 9.27. The topological polar surface area (TPSA) is 85.2 Å². The first-order valence-corrected chi connectivity index (χ1v) is 9.27. The van der Waals surface area contributed by atoms with Gasteiger partial charge < -0.3 is 15.0 Å². The summed E-state index contributed by atoms with van der Waals surface area (Å²) in [5.41, 5.74) is 2.30. The fraction of sp³-hybridized carbons (Fsp3) is 0.0909. The number of rotatable bonds is 6. The van der Waals surface area contributed by atoms with Crippen LogP contribution in [0.2, 0.25) is 0 Å². The molecule has 0 aliphatic carbocycles. The van der Waals surface area contributed by atoms with Crippen molar-refractivity contribution in [2.24, 2.45) is 0 Å². The maximum Gasteiger partial charge on any atom is 0.255 e. The zero-order valence-electron chi connectivity index (χ0n) is 16.6. The van der Waals surface area contributed by atoms with E-state index >= 15 is 0 Å². The summed E-state index contributed by atoms with van der Waals surface area (Å²) in [7, 11) is 3.91. The van der Waals surface area contributed by atoms with Gasteiger partial charge in [-0.25, -0.2) is 14.6 Å². The van der Waals surface area contributed by atoms with Crippen molar-refractivity contribution in [3.63, 3.8) is 0 Å². The standard InChI is InChI=1S/C22H20N6O2/c1-27(2)18-8-4-16(5-9-18)22(29)26-17-6-10-19(11-7-17)30-21-14-20(23-15-24-21)28-13-3-12-25-28/h3-15H,1-2H3,(H,26,29). The highest BCUT2D eigenvalue weighted by atomic mass is 16.5. The Labute approximate surface area is 173 Å². The third-order valence-corrected chi connectivity index (χ3v) is 4.35. The Kier molecular flexibility index (Phi) is 5.38. The van der Waals surface area contributed by atoms with E-state index in [1.165, 1.54) is 6.33 Å². The lowest BCUT2D eigenvalue weighted by molar-refractivity contribution is 0.102. The Morgan fingerprint density at radius 2 is 1.80 bits per heavy atom. The van der Waals surface area contributed by atoms with E-state index in [1.807, 2.05) is 37.2 Å². The van der Waals surface area contributed by atoms with Crippen LogP contribution in [0.5, 0.6) is 11.6 Å². The summed E-state index contributed by atoms with van der Waals surface area (Å²) in [5.74, 6) is 1.42. The molecule has 8 heteroatoms. The Morgan fingerprint density at radius 1 is 1.03 bits per heavy atom. The largest absolute Gasteiger partial charge is 0.439 e. The van der Waals surface area contributed by atoms with E-state index < -0.39 is 0 Å². The van der Waals surface area contributed by atoms with Crippen LogP contribution in [0.4, 0.5) is 11.4 Å². The third kappa shape index (κ3) is 4.44. The lowest BCUT2D eigenvalue weighted by Gasteiger charge is -2.12. The number of nitrogens with one attached hydrogen (secondary N) is 1. The van der Waals surface area contributed by atoms with E-state index in [2.05, 4.69) is 20.4 Å². The van der Waals surface area contributed by atoms with Crippen LogP contribution in [0.3, 0.4) is 0 Å². The summed E-state index contributed by atoms with van der Waals surface area (Å²) in [5, 5.41) is 7.02. The number of ether oxygens (including phenoxy) is 1. The molecule has 150 valence electrons. The molecule has 0 aliphatic rings. The predicted octanol–water partition coefficient (Wildman–Crippen LogP) is 3.77. The van der Waals surface area contributed by atoms with Gasteiger partial charge in [0.2, 0.25) is 5.88 Å². The van der Waals surface area contributed by atoms with Crippen molar-refractivity contribution < 1.29 is 9.53 Å². The quantitative estimate of drug-likeness (QED) is 0.530. The van der Waals surface area contributed by atoms with Gasteiger partial charge in [-0.2, -0.15) is 5.10 Å². The molecule has 2 aromatic heterocycles. The minimum atomic E-state index is -0.173. The average Bonchev–Trinajstić information content (AvgIpc) is 3.30. The number of anilines is 2. The van der Waals surface area contributed by atoms with E-state index in [4.69, 9.17) is 4.74 Å². The maximum atomic E-state index is 12.4. The molecule has 30 heavy (non-hydrogen) atoms. The van der Waals surface area contributed by atoms with Crippen LogP contribution in [0.25, 0.3) is 5.82 Å². The molecule has 0 radical (unpaired) electrons. The van der Waals surface area contributed by atoms with Gasteiger partial charge >= 0.3 is 0 Å². The van der Waals surface area contributed by atoms with Crippen LogP contribution < -0.4 is 15.0 Å². The van der Waals surface area contributed by atoms with Crippen LogP contribution in [0.15, 0.2) is 79.4 Å². The fourth-order valence-corrected chi connectivity index (χ4v) is 2.76. The number of aromatic nitrogens is 4. The fourth-order valence-electron chi connectivity index (χ4n) is 2.76. The average molecular weight is 400 g/mol. The molecular formula is C22H20N6O2. The maximum absolute atomic E-state index is 12.4. The van der Waals surface area contributed by atoms with Gasteiger partial charge in [0.1, 0.15) is 12.1 Å². The highest BCUT2D eigenvalue weighted by Crippen LogP contribution is 2.23. The molecule has 1 N–H and O–H groups in total. The summed E-state index contributed by atoms with van der Waals surface area (Å²) in [6, 6.07) is 18.0. The zero-order valence-corrected chi connectivity index (χ0v) is 16.6. The molecule has 1 amide bonds. The lowest BCUT2D eigenvalue weighted by Crippen LogP contribution is -2.13. The second kappa shape index (κ2) is 8.44. The van der Waals surface area contributed by atoms with Crippen LogP contribution in [0, 0.1) is 0 Å². The minimum Gasteiger partial charge on any atom is -0.439 e. The second-order valence-corrected chi connectivity index (χ2v) is 6.69. The molecule has 0 spiro atoms. The van der Waals surface area contributed by atoms with Crippen molar-refractivity contribution in [3.8, 4) is 17.4 Å². The predicted molar refractivity (Wildman–Crippen MR) is 114 cm³/mol. The number of hydrogen-bond donors (Lipinski definition) is 1. The summed E-state index contributed by atoms with van der Waals surface area (Å²) in [4.78, 5) is 22.7. The minimum absolute atomic E-state index is 0.173. The van der Waals surface area contributed by atoms with Gasteiger partial charge in [-0.15, -0.1) is 0 Å². The zero-order chi connectivity index (χ0) is 20.9. The number of amides is 1. The van der Waals surface area contributed by atoms with Crippen LogP contribution in [-0.4, -0.2) is 39.8 Å². The molecule has 4 rings (SSSR count). The highest BCUT2D eigenvalue weighted by Gasteiger charge is 2.08. The number of nitrogens with zero attached hydrogens (tertiary/aromatic N) is 5. The normalized spacial score (nSPS) is 10.5. The number of benzene rings is 2. The smallest absolute Gasteiger partial charge is 0.255 e. The van der Waals surface area contributed by atoms with Crippen LogP contribution in [0.1, 0.15) is 10.4 Å². The molecule has 0 saturated heterocycles. The molecule has 2 aromatic carbocycles. The molecule has 8 nitrogen and oxygen atoms in total. The first-order chi connectivity index (χ1) is 14.6. The van der Waals surface area contributed by atoms with Gasteiger partial charge in [0.15, 0.2) is 5.82 Å². The Morgan fingerprint density at radius 3 is 2.47 bits per heavy atom. The van der Waals surface area contributed by atoms with E-state index in [1.54, 1.807) is 59.5 Å². The van der Waals surface area contributed by atoms with Crippen LogP contribution in [-0.2, 0) is 0 Å². The number of hydrogen-bond acceptors (Lipinski definition) is 6. The summed E-state index contributed by atoms with van der Waals surface area (Å²) < 4.78 is 7.41. The first kappa shape index (κ1) is 19.1. The molecule has 2 heterocycles. The monoisotopic (exact) mass is 400 g/mol.